The minimum absolute atomic E-state index is 0.260. The number of benzene rings is 2. The minimum Gasteiger partial charge on any atom is -0.497 e. The molecule has 1 aliphatic heterocycles. The summed E-state index contributed by atoms with van der Waals surface area (Å²) in [5.41, 5.74) is 3.31. The quantitative estimate of drug-likeness (QED) is 0.741. The Morgan fingerprint density at radius 1 is 1.18 bits per heavy atom. The molecule has 1 N–H and O–H groups in total. The highest BCUT2D eigenvalue weighted by Crippen LogP contribution is 2.22. The zero-order valence-electron chi connectivity index (χ0n) is 15.6. The van der Waals surface area contributed by atoms with Crippen LogP contribution in [0.2, 0.25) is 0 Å². The van der Waals surface area contributed by atoms with Crippen LogP contribution < -0.4 is 10.1 Å². The number of rotatable bonds is 5. The molecule has 2 heterocycles. The van der Waals surface area contributed by atoms with Crippen molar-refractivity contribution in [1.29, 1.82) is 0 Å². The van der Waals surface area contributed by atoms with Gasteiger partial charge in [0.25, 0.3) is 5.91 Å². The fourth-order valence-corrected chi connectivity index (χ4v) is 3.03. The van der Waals surface area contributed by atoms with Gasteiger partial charge < -0.3 is 14.9 Å². The zero-order valence-corrected chi connectivity index (χ0v) is 15.6. The second kappa shape index (κ2) is 7.56. The molecule has 1 amide bonds. The first kappa shape index (κ1) is 17.8. The van der Waals surface area contributed by atoms with E-state index in [-0.39, 0.29) is 5.91 Å². The molecule has 2 aromatic carbocycles. The molecule has 0 unspecified atom stereocenters. The Morgan fingerprint density at radius 2 is 1.93 bits per heavy atom. The first-order chi connectivity index (χ1) is 13.6. The third kappa shape index (κ3) is 3.59. The van der Waals surface area contributed by atoms with E-state index in [0.29, 0.717) is 12.2 Å². The number of aryl methyl sites for hydroxylation is 1. The van der Waals surface area contributed by atoms with Crippen molar-refractivity contribution in [2.45, 2.75) is 19.4 Å². The lowest BCUT2D eigenvalue weighted by molar-refractivity contribution is -0.125. The first-order valence-electron chi connectivity index (χ1n) is 8.94. The molecule has 7 heteroatoms. The number of oxime groups is 1. The fourth-order valence-electron chi connectivity index (χ4n) is 3.03. The highest BCUT2D eigenvalue weighted by molar-refractivity contribution is 6.06. The van der Waals surface area contributed by atoms with E-state index in [1.165, 1.54) is 0 Å². The molecule has 0 saturated heterocycles. The third-order valence-electron chi connectivity index (χ3n) is 4.47. The summed E-state index contributed by atoms with van der Waals surface area (Å²) in [6.45, 7) is 1.88. The highest BCUT2D eigenvalue weighted by atomic mass is 16.6. The number of ether oxygens (including phenoxy) is 1. The molecule has 1 aromatic heterocycles. The molecule has 1 atom stereocenters. The number of amides is 1. The SMILES string of the molecule is COc1ccc(C2=NO[C@H](C(=O)Nc3cc(C)nn3-c3ccccc3)C2)cc1. The van der Waals surface area contributed by atoms with Crippen LogP contribution in [0.25, 0.3) is 5.69 Å². The van der Waals surface area contributed by atoms with Crippen LogP contribution in [0, 0.1) is 6.92 Å². The number of aromatic nitrogens is 2. The van der Waals surface area contributed by atoms with Gasteiger partial charge in [-0.05, 0) is 48.9 Å². The van der Waals surface area contributed by atoms with Gasteiger partial charge in [0.1, 0.15) is 11.6 Å². The molecule has 1 aliphatic rings. The van der Waals surface area contributed by atoms with Gasteiger partial charge in [-0.3, -0.25) is 4.79 Å². The summed E-state index contributed by atoms with van der Waals surface area (Å²) in [7, 11) is 1.62. The average molecular weight is 376 g/mol. The lowest BCUT2D eigenvalue weighted by Gasteiger charge is -2.11. The average Bonchev–Trinajstić information content (AvgIpc) is 3.36. The molecule has 0 bridgehead atoms. The molecule has 0 fully saturated rings. The van der Waals surface area contributed by atoms with Crippen molar-refractivity contribution >= 4 is 17.4 Å². The van der Waals surface area contributed by atoms with Crippen LogP contribution in [0.3, 0.4) is 0 Å². The molecular weight excluding hydrogens is 356 g/mol. The predicted molar refractivity (Wildman–Crippen MR) is 106 cm³/mol. The van der Waals surface area contributed by atoms with Crippen molar-refractivity contribution in [1.82, 2.24) is 9.78 Å². The van der Waals surface area contributed by atoms with Crippen molar-refractivity contribution in [3.8, 4) is 11.4 Å². The zero-order chi connectivity index (χ0) is 19.5. The van der Waals surface area contributed by atoms with E-state index in [1.54, 1.807) is 11.8 Å². The van der Waals surface area contributed by atoms with Gasteiger partial charge in [-0.2, -0.15) is 5.10 Å². The van der Waals surface area contributed by atoms with Gasteiger partial charge in [0.2, 0.25) is 6.10 Å². The Hall–Kier alpha value is -3.61. The monoisotopic (exact) mass is 376 g/mol. The Morgan fingerprint density at radius 3 is 2.64 bits per heavy atom. The Labute approximate surface area is 162 Å². The summed E-state index contributed by atoms with van der Waals surface area (Å²) in [6.07, 6.45) is -0.284. The summed E-state index contributed by atoms with van der Waals surface area (Å²) in [5, 5.41) is 11.4. The number of nitrogens with zero attached hydrogens (tertiary/aromatic N) is 3. The summed E-state index contributed by atoms with van der Waals surface area (Å²) in [6, 6.07) is 19.0. The molecular formula is C21H20N4O3. The van der Waals surface area contributed by atoms with E-state index in [9.17, 15) is 4.79 Å². The Kier molecular flexibility index (Phi) is 4.80. The van der Waals surface area contributed by atoms with E-state index in [0.717, 1.165) is 28.4 Å². The molecule has 0 spiro atoms. The molecule has 0 radical (unpaired) electrons. The normalized spacial score (nSPS) is 15.6. The number of methoxy groups -OCH3 is 1. The number of anilines is 1. The molecule has 0 saturated carbocycles. The molecule has 142 valence electrons. The van der Waals surface area contributed by atoms with Crippen LogP contribution >= 0.6 is 0 Å². The number of nitrogens with one attached hydrogen (secondary N) is 1. The summed E-state index contributed by atoms with van der Waals surface area (Å²) < 4.78 is 6.87. The predicted octanol–water partition coefficient (Wildman–Crippen LogP) is 3.32. The fraction of sp³-hybridized carbons (Fsp3) is 0.190. The topological polar surface area (TPSA) is 77.7 Å². The molecule has 4 rings (SSSR count). The van der Waals surface area contributed by atoms with Crippen molar-refractivity contribution in [3.05, 3.63) is 71.9 Å². The maximum Gasteiger partial charge on any atom is 0.269 e. The second-order valence-corrected chi connectivity index (χ2v) is 6.47. The van der Waals surface area contributed by atoms with Crippen LogP contribution in [-0.2, 0) is 9.63 Å². The number of hydrogen-bond donors (Lipinski definition) is 1. The smallest absolute Gasteiger partial charge is 0.269 e. The van der Waals surface area contributed by atoms with Crippen molar-refractivity contribution in [2.75, 3.05) is 12.4 Å². The highest BCUT2D eigenvalue weighted by Gasteiger charge is 2.29. The van der Waals surface area contributed by atoms with E-state index in [4.69, 9.17) is 9.57 Å². The van der Waals surface area contributed by atoms with Gasteiger partial charge >= 0.3 is 0 Å². The van der Waals surface area contributed by atoms with Gasteiger partial charge in [0.15, 0.2) is 0 Å². The van der Waals surface area contributed by atoms with E-state index in [2.05, 4.69) is 15.6 Å². The maximum absolute atomic E-state index is 12.7. The second-order valence-electron chi connectivity index (χ2n) is 6.47. The van der Waals surface area contributed by atoms with Gasteiger partial charge in [0, 0.05) is 12.5 Å². The van der Waals surface area contributed by atoms with E-state index < -0.39 is 6.10 Å². The standard InChI is InChI=1S/C21H20N4O3/c1-14-12-20(25(23-14)16-6-4-3-5-7-16)22-21(26)19-13-18(24-28-19)15-8-10-17(27-2)11-9-15/h3-12,19H,13H2,1-2H3,(H,22,26)/t19-/m0/s1. The summed E-state index contributed by atoms with van der Waals surface area (Å²) in [4.78, 5) is 18.1. The molecule has 0 aliphatic carbocycles. The van der Waals surface area contributed by atoms with E-state index in [1.807, 2.05) is 67.6 Å². The van der Waals surface area contributed by atoms with Gasteiger partial charge in [0.05, 0.1) is 24.2 Å². The number of carbonyl (C=O) groups is 1. The van der Waals surface area contributed by atoms with E-state index >= 15 is 0 Å². The van der Waals surface area contributed by atoms with Crippen molar-refractivity contribution in [3.63, 3.8) is 0 Å². The summed E-state index contributed by atoms with van der Waals surface area (Å²) >= 11 is 0. The maximum atomic E-state index is 12.7. The number of hydrogen-bond acceptors (Lipinski definition) is 5. The Bertz CT molecular complexity index is 1010. The van der Waals surface area contributed by atoms with Gasteiger partial charge in [-0.1, -0.05) is 23.4 Å². The minimum atomic E-state index is -0.684. The number of carbonyl (C=O) groups excluding carboxylic acids is 1. The summed E-state index contributed by atoms with van der Waals surface area (Å²) in [5.74, 6) is 1.10. The van der Waals surface area contributed by atoms with Crippen LogP contribution in [-0.4, -0.2) is 34.6 Å². The lowest BCUT2D eigenvalue weighted by atomic mass is 10.0. The number of para-hydroxylation sites is 1. The first-order valence-corrected chi connectivity index (χ1v) is 8.94. The third-order valence-corrected chi connectivity index (χ3v) is 4.47. The van der Waals surface area contributed by atoms with Crippen molar-refractivity contribution in [2.24, 2.45) is 5.16 Å². The van der Waals surface area contributed by atoms with Crippen molar-refractivity contribution < 1.29 is 14.4 Å². The molecule has 28 heavy (non-hydrogen) atoms. The van der Waals surface area contributed by atoms with Crippen LogP contribution in [0.5, 0.6) is 5.75 Å². The largest absolute Gasteiger partial charge is 0.497 e. The lowest BCUT2D eigenvalue weighted by Crippen LogP contribution is -2.29. The van der Waals surface area contributed by atoms with Gasteiger partial charge in [-0.25, -0.2) is 4.68 Å². The Balaban J connectivity index is 1.46. The molecule has 3 aromatic rings. The van der Waals surface area contributed by atoms with Gasteiger partial charge in [-0.15, -0.1) is 0 Å². The van der Waals surface area contributed by atoms with Crippen LogP contribution in [0.4, 0.5) is 5.82 Å². The van der Waals surface area contributed by atoms with Crippen LogP contribution in [0.1, 0.15) is 17.7 Å². The van der Waals surface area contributed by atoms with Crippen LogP contribution in [0.15, 0.2) is 65.8 Å². The molecule has 7 nitrogen and oxygen atoms in total.